The van der Waals surface area contributed by atoms with Crippen molar-refractivity contribution in [2.75, 3.05) is 7.05 Å². The zero-order valence-corrected chi connectivity index (χ0v) is 13.9. The molecule has 6 heteroatoms. The average molecular weight is 295 g/mol. The van der Waals surface area contributed by atoms with E-state index in [-0.39, 0.29) is 6.04 Å². The Hall–Kier alpha value is -1.85. The minimum absolute atomic E-state index is 0.0845. The van der Waals surface area contributed by atoms with Crippen molar-refractivity contribution in [3.8, 4) is 0 Å². The highest BCUT2D eigenvalue weighted by Crippen LogP contribution is 2.28. The largest absolute Gasteiger partial charge is 0.444 e. The fourth-order valence-electron chi connectivity index (χ4n) is 1.96. The predicted molar refractivity (Wildman–Crippen MR) is 80.0 cm³/mol. The van der Waals surface area contributed by atoms with Crippen LogP contribution in [0.25, 0.3) is 0 Å². The lowest BCUT2D eigenvalue weighted by Crippen LogP contribution is -2.49. The Morgan fingerprint density at radius 2 is 1.95 bits per heavy atom. The first-order chi connectivity index (χ1) is 9.53. The van der Waals surface area contributed by atoms with Crippen LogP contribution in [0.15, 0.2) is 12.3 Å². The number of rotatable bonds is 4. The number of aromatic nitrogens is 2. The van der Waals surface area contributed by atoms with E-state index in [4.69, 9.17) is 4.74 Å². The van der Waals surface area contributed by atoms with Gasteiger partial charge in [0.1, 0.15) is 11.1 Å². The Kier molecular flexibility index (Phi) is 4.81. The molecule has 0 spiro atoms. The van der Waals surface area contributed by atoms with Crippen LogP contribution in [0.3, 0.4) is 0 Å². The van der Waals surface area contributed by atoms with Gasteiger partial charge in [0.15, 0.2) is 6.29 Å². The van der Waals surface area contributed by atoms with Gasteiger partial charge in [0, 0.05) is 19.3 Å². The molecule has 0 aliphatic heterocycles. The number of amides is 1. The van der Waals surface area contributed by atoms with Crippen molar-refractivity contribution in [2.45, 2.75) is 58.7 Å². The zero-order valence-electron chi connectivity index (χ0n) is 13.9. The van der Waals surface area contributed by atoms with Crippen molar-refractivity contribution in [2.24, 2.45) is 0 Å². The van der Waals surface area contributed by atoms with E-state index < -0.39 is 17.2 Å². The van der Waals surface area contributed by atoms with Crippen LogP contribution >= 0.6 is 0 Å². The first kappa shape index (κ1) is 17.2. The van der Waals surface area contributed by atoms with Crippen molar-refractivity contribution >= 4 is 12.4 Å². The van der Waals surface area contributed by atoms with E-state index in [1.54, 1.807) is 51.7 Å². The van der Waals surface area contributed by atoms with E-state index in [1.165, 1.54) is 4.90 Å². The lowest BCUT2D eigenvalue weighted by atomic mass is 9.97. The summed E-state index contributed by atoms with van der Waals surface area (Å²) in [6.07, 6.45) is 1.82. The lowest BCUT2D eigenvalue weighted by Gasteiger charge is -2.36. The second-order valence-electron chi connectivity index (χ2n) is 6.56. The van der Waals surface area contributed by atoms with Crippen molar-refractivity contribution in [3.05, 3.63) is 18.0 Å². The van der Waals surface area contributed by atoms with E-state index in [0.29, 0.717) is 5.69 Å². The molecule has 1 aromatic rings. The number of hydrogen-bond donors (Lipinski definition) is 0. The monoisotopic (exact) mass is 295 g/mol. The van der Waals surface area contributed by atoms with Crippen LogP contribution in [0.5, 0.6) is 0 Å². The molecule has 1 aromatic heterocycles. The maximum absolute atomic E-state index is 12.3. The molecule has 0 saturated heterocycles. The number of ether oxygens (including phenoxy) is 1. The third kappa shape index (κ3) is 3.62. The Morgan fingerprint density at radius 3 is 2.38 bits per heavy atom. The number of aldehydes is 1. The summed E-state index contributed by atoms with van der Waals surface area (Å²) >= 11 is 0. The van der Waals surface area contributed by atoms with Crippen LogP contribution in [0.1, 0.15) is 53.3 Å². The number of carbonyl (C=O) groups is 2. The number of likely N-dealkylation sites (N-methyl/N-ethyl adjacent to an activating group) is 1. The number of carbonyl (C=O) groups excluding carboxylic acids is 2. The van der Waals surface area contributed by atoms with Gasteiger partial charge in [-0.15, -0.1) is 0 Å². The van der Waals surface area contributed by atoms with Crippen LogP contribution < -0.4 is 0 Å². The summed E-state index contributed by atoms with van der Waals surface area (Å²) in [6, 6.07) is 1.83. The summed E-state index contributed by atoms with van der Waals surface area (Å²) in [4.78, 5) is 25.3. The number of nitrogens with zero attached hydrogens (tertiary/aromatic N) is 3. The summed E-state index contributed by atoms with van der Waals surface area (Å²) < 4.78 is 7.08. The molecule has 1 heterocycles. The molecule has 0 N–H and O–H groups in total. The summed E-state index contributed by atoms with van der Waals surface area (Å²) in [7, 11) is 1.56. The molecule has 1 rings (SSSR count). The normalized spacial score (nSPS) is 14.7. The van der Waals surface area contributed by atoms with Gasteiger partial charge < -0.3 is 9.53 Å². The highest BCUT2D eigenvalue weighted by molar-refractivity contribution is 5.77. The molecule has 118 valence electrons. The standard InChI is InChI=1S/C15H25N3O3/c1-11(2)18-12(8-9-16-18)15(6,10-19)17(7)13(20)21-14(3,4)5/h8-11H,1-7H3. The SMILES string of the molecule is CC(C)n1nccc1C(C)(C=O)N(C)C(=O)OC(C)(C)C. The van der Waals surface area contributed by atoms with Gasteiger partial charge in [0.05, 0.1) is 5.69 Å². The highest BCUT2D eigenvalue weighted by Gasteiger charge is 2.39. The quantitative estimate of drug-likeness (QED) is 0.801. The molecule has 0 fully saturated rings. The van der Waals surface area contributed by atoms with Crippen molar-refractivity contribution in [3.63, 3.8) is 0 Å². The average Bonchev–Trinajstić information content (AvgIpc) is 2.84. The maximum atomic E-state index is 12.3. The predicted octanol–water partition coefficient (Wildman–Crippen LogP) is 2.75. The van der Waals surface area contributed by atoms with Gasteiger partial charge in [-0.1, -0.05) is 0 Å². The van der Waals surface area contributed by atoms with Crippen LogP contribution in [0, 0.1) is 0 Å². The smallest absolute Gasteiger partial charge is 0.411 e. The summed E-state index contributed by atoms with van der Waals surface area (Å²) in [5.41, 5.74) is -1.10. The molecule has 21 heavy (non-hydrogen) atoms. The van der Waals surface area contributed by atoms with Gasteiger partial charge in [0.2, 0.25) is 0 Å². The van der Waals surface area contributed by atoms with Crippen LogP contribution in [0.4, 0.5) is 4.79 Å². The maximum Gasteiger partial charge on any atom is 0.411 e. The summed E-state index contributed by atoms with van der Waals surface area (Å²) in [6.45, 7) is 11.0. The molecular weight excluding hydrogens is 270 g/mol. The molecule has 1 amide bonds. The van der Waals surface area contributed by atoms with E-state index >= 15 is 0 Å². The van der Waals surface area contributed by atoms with E-state index in [2.05, 4.69) is 5.10 Å². The van der Waals surface area contributed by atoms with Gasteiger partial charge >= 0.3 is 6.09 Å². The molecule has 1 atom stereocenters. The van der Waals surface area contributed by atoms with Gasteiger partial charge in [-0.3, -0.25) is 9.58 Å². The molecular formula is C15H25N3O3. The van der Waals surface area contributed by atoms with Crippen molar-refractivity contribution < 1.29 is 14.3 Å². The first-order valence-corrected chi connectivity index (χ1v) is 7.00. The summed E-state index contributed by atoms with van der Waals surface area (Å²) in [5, 5.41) is 4.23. The Balaban J connectivity index is 3.17. The minimum Gasteiger partial charge on any atom is -0.444 e. The van der Waals surface area contributed by atoms with E-state index in [9.17, 15) is 9.59 Å². The van der Waals surface area contributed by atoms with E-state index in [1.807, 2.05) is 13.8 Å². The lowest BCUT2D eigenvalue weighted by molar-refractivity contribution is -0.118. The van der Waals surface area contributed by atoms with Crippen molar-refractivity contribution in [1.29, 1.82) is 0 Å². The van der Waals surface area contributed by atoms with Gasteiger partial charge in [-0.25, -0.2) is 4.79 Å². The van der Waals surface area contributed by atoms with Crippen LogP contribution in [-0.4, -0.2) is 39.7 Å². The Labute approximate surface area is 126 Å². The molecule has 0 aliphatic carbocycles. The number of hydrogen-bond acceptors (Lipinski definition) is 4. The van der Waals surface area contributed by atoms with Crippen LogP contribution in [0.2, 0.25) is 0 Å². The molecule has 0 aromatic carbocycles. The second-order valence-corrected chi connectivity index (χ2v) is 6.56. The Morgan fingerprint density at radius 1 is 1.38 bits per heavy atom. The van der Waals surface area contributed by atoms with Crippen LogP contribution in [-0.2, 0) is 15.1 Å². The highest BCUT2D eigenvalue weighted by atomic mass is 16.6. The van der Waals surface area contributed by atoms with Gasteiger partial charge in [-0.2, -0.15) is 5.10 Å². The molecule has 6 nitrogen and oxygen atoms in total. The fraction of sp³-hybridized carbons (Fsp3) is 0.667. The van der Waals surface area contributed by atoms with Gasteiger partial charge in [0.25, 0.3) is 0 Å². The Bertz CT molecular complexity index is 516. The van der Waals surface area contributed by atoms with Gasteiger partial charge in [-0.05, 0) is 47.6 Å². The van der Waals surface area contributed by atoms with Crippen molar-refractivity contribution in [1.82, 2.24) is 14.7 Å². The molecule has 0 saturated carbocycles. The zero-order chi connectivity index (χ0) is 16.4. The second kappa shape index (κ2) is 5.87. The molecule has 1 unspecified atom stereocenters. The fourth-order valence-corrected chi connectivity index (χ4v) is 1.96. The van der Waals surface area contributed by atoms with E-state index in [0.717, 1.165) is 6.29 Å². The topological polar surface area (TPSA) is 64.4 Å². The molecule has 0 bridgehead atoms. The summed E-state index contributed by atoms with van der Waals surface area (Å²) in [5.74, 6) is 0. The third-order valence-electron chi connectivity index (χ3n) is 3.27. The third-order valence-corrected chi connectivity index (χ3v) is 3.27. The molecule has 0 radical (unpaired) electrons. The minimum atomic E-state index is -1.14. The molecule has 0 aliphatic rings. The first-order valence-electron chi connectivity index (χ1n) is 7.00.